The molecule has 2 unspecified atom stereocenters. The highest BCUT2D eigenvalue weighted by molar-refractivity contribution is 6.21. The van der Waals surface area contributed by atoms with E-state index in [1.54, 1.807) is 0 Å². The number of ether oxygens (including phenoxy) is 2. The highest BCUT2D eigenvalue weighted by atomic mass is 35.5. The highest BCUT2D eigenvalue weighted by Gasteiger charge is 2.24. The number of fused-ring (bicyclic) bond motifs is 1. The summed E-state index contributed by atoms with van der Waals surface area (Å²) in [5.74, 6) is 1.66. The average molecular weight is 310 g/mol. The molecule has 3 nitrogen and oxygen atoms in total. The van der Waals surface area contributed by atoms with Crippen molar-refractivity contribution in [2.75, 3.05) is 26.3 Å². The number of piperidine rings is 1. The second kappa shape index (κ2) is 6.89. The molecule has 1 fully saturated rings. The van der Waals surface area contributed by atoms with E-state index in [4.69, 9.17) is 21.1 Å². The quantitative estimate of drug-likeness (QED) is 0.785. The van der Waals surface area contributed by atoms with Crippen LogP contribution in [0.5, 0.6) is 11.5 Å². The maximum absolute atomic E-state index is 6.67. The van der Waals surface area contributed by atoms with Gasteiger partial charge >= 0.3 is 0 Å². The van der Waals surface area contributed by atoms with E-state index in [-0.39, 0.29) is 5.38 Å². The van der Waals surface area contributed by atoms with Gasteiger partial charge in [0.1, 0.15) is 13.2 Å². The van der Waals surface area contributed by atoms with Crippen LogP contribution < -0.4 is 9.47 Å². The molecule has 4 heteroatoms. The van der Waals surface area contributed by atoms with E-state index in [9.17, 15) is 0 Å². The van der Waals surface area contributed by atoms with Crippen molar-refractivity contribution in [3.8, 4) is 11.5 Å². The van der Waals surface area contributed by atoms with Gasteiger partial charge in [0.15, 0.2) is 11.5 Å². The summed E-state index contributed by atoms with van der Waals surface area (Å²) in [7, 11) is 0. The third kappa shape index (κ3) is 3.46. The summed E-state index contributed by atoms with van der Waals surface area (Å²) in [6.07, 6.45) is 5.17. The molecule has 2 aliphatic rings. The molecule has 0 radical (unpaired) electrons. The van der Waals surface area contributed by atoms with E-state index in [1.807, 2.05) is 12.1 Å². The smallest absolute Gasteiger partial charge is 0.161 e. The predicted molar refractivity (Wildman–Crippen MR) is 85.5 cm³/mol. The van der Waals surface area contributed by atoms with Crippen LogP contribution in [0.15, 0.2) is 18.2 Å². The van der Waals surface area contributed by atoms with Crippen LogP contribution in [0.3, 0.4) is 0 Å². The minimum atomic E-state index is 0.00739. The minimum Gasteiger partial charge on any atom is -0.486 e. The lowest BCUT2D eigenvalue weighted by Gasteiger charge is -2.36. The zero-order chi connectivity index (χ0) is 14.7. The Labute approximate surface area is 132 Å². The average Bonchev–Trinajstić information content (AvgIpc) is 2.55. The van der Waals surface area contributed by atoms with Gasteiger partial charge < -0.3 is 9.47 Å². The molecule has 0 aliphatic carbocycles. The van der Waals surface area contributed by atoms with Crippen LogP contribution in [-0.4, -0.2) is 37.2 Å². The lowest BCUT2D eigenvalue weighted by molar-refractivity contribution is 0.144. The molecule has 0 N–H and O–H groups in total. The van der Waals surface area contributed by atoms with Crippen LogP contribution in [0.2, 0.25) is 0 Å². The van der Waals surface area contributed by atoms with Crippen LogP contribution in [0.4, 0.5) is 0 Å². The fraction of sp³-hybridized carbons (Fsp3) is 0.647. The van der Waals surface area contributed by atoms with Gasteiger partial charge in [-0.05, 0) is 43.5 Å². The van der Waals surface area contributed by atoms with E-state index in [0.717, 1.165) is 23.6 Å². The van der Waals surface area contributed by atoms with Crippen LogP contribution in [0.1, 0.15) is 43.5 Å². The maximum atomic E-state index is 6.67. The Morgan fingerprint density at radius 1 is 1.24 bits per heavy atom. The number of likely N-dealkylation sites (tertiary alicyclic amines) is 1. The number of hydrogen-bond acceptors (Lipinski definition) is 3. The first-order valence-electron chi connectivity index (χ1n) is 8.05. The Bertz CT molecular complexity index is 480. The van der Waals surface area contributed by atoms with Gasteiger partial charge in [-0.3, -0.25) is 4.90 Å². The summed E-state index contributed by atoms with van der Waals surface area (Å²) in [4.78, 5) is 2.55. The Morgan fingerprint density at radius 3 is 2.86 bits per heavy atom. The Hall–Kier alpha value is -0.930. The molecule has 1 aromatic rings. The number of halogens is 1. The van der Waals surface area contributed by atoms with Gasteiger partial charge in [-0.2, -0.15) is 0 Å². The number of hydrogen-bond donors (Lipinski definition) is 0. The zero-order valence-corrected chi connectivity index (χ0v) is 13.4. The molecule has 21 heavy (non-hydrogen) atoms. The molecular formula is C17H24ClNO2. The van der Waals surface area contributed by atoms with Crippen molar-refractivity contribution in [3.05, 3.63) is 23.8 Å². The Kier molecular flexibility index (Phi) is 4.91. The Morgan fingerprint density at radius 2 is 2.05 bits per heavy atom. The maximum Gasteiger partial charge on any atom is 0.161 e. The summed E-state index contributed by atoms with van der Waals surface area (Å²) >= 11 is 6.67. The molecule has 0 amide bonds. The first-order valence-corrected chi connectivity index (χ1v) is 8.49. The summed E-state index contributed by atoms with van der Waals surface area (Å²) in [6, 6.07) is 6.78. The predicted octanol–water partition coefficient (Wildman–Crippen LogP) is 4.00. The largest absolute Gasteiger partial charge is 0.486 e. The first kappa shape index (κ1) is 15.0. The second-order valence-corrected chi connectivity index (χ2v) is 6.45. The topological polar surface area (TPSA) is 21.7 Å². The van der Waals surface area contributed by atoms with Gasteiger partial charge in [0.2, 0.25) is 0 Å². The van der Waals surface area contributed by atoms with Crippen LogP contribution in [0.25, 0.3) is 0 Å². The highest BCUT2D eigenvalue weighted by Crippen LogP contribution is 2.35. The van der Waals surface area contributed by atoms with Crippen molar-refractivity contribution < 1.29 is 9.47 Å². The summed E-state index contributed by atoms with van der Waals surface area (Å²) < 4.78 is 11.2. The standard InChI is InChI=1S/C17H24ClNO2/c1-2-14-5-3-4-8-19(14)12-15(18)13-6-7-16-17(11-13)21-10-9-20-16/h6-7,11,14-15H,2-5,8-10,12H2,1H3. The van der Waals surface area contributed by atoms with Crippen molar-refractivity contribution in [1.82, 2.24) is 4.90 Å². The lowest BCUT2D eigenvalue weighted by atomic mass is 9.99. The fourth-order valence-corrected chi connectivity index (χ4v) is 3.64. The second-order valence-electron chi connectivity index (χ2n) is 5.92. The monoisotopic (exact) mass is 309 g/mol. The fourth-order valence-electron chi connectivity index (χ4n) is 3.33. The van der Waals surface area contributed by atoms with Gasteiger partial charge in [0, 0.05) is 12.6 Å². The van der Waals surface area contributed by atoms with Gasteiger partial charge in [-0.25, -0.2) is 0 Å². The first-order chi connectivity index (χ1) is 10.3. The molecule has 3 rings (SSSR count). The normalized spacial score (nSPS) is 23.8. The summed E-state index contributed by atoms with van der Waals surface area (Å²) in [5.41, 5.74) is 1.13. The molecule has 2 aliphatic heterocycles. The van der Waals surface area contributed by atoms with Crippen LogP contribution >= 0.6 is 11.6 Å². The number of benzene rings is 1. The van der Waals surface area contributed by atoms with Crippen LogP contribution in [0, 0.1) is 0 Å². The van der Waals surface area contributed by atoms with E-state index < -0.39 is 0 Å². The Balaban J connectivity index is 1.68. The van der Waals surface area contributed by atoms with Crippen molar-refractivity contribution in [2.45, 2.75) is 44.0 Å². The third-order valence-corrected chi connectivity index (χ3v) is 4.93. The van der Waals surface area contributed by atoms with E-state index >= 15 is 0 Å². The third-order valence-electron chi connectivity index (χ3n) is 4.54. The van der Waals surface area contributed by atoms with Crippen molar-refractivity contribution >= 4 is 11.6 Å². The molecule has 0 aromatic heterocycles. The number of nitrogens with zero attached hydrogens (tertiary/aromatic N) is 1. The van der Waals surface area contributed by atoms with Crippen molar-refractivity contribution in [1.29, 1.82) is 0 Å². The molecule has 0 spiro atoms. The van der Waals surface area contributed by atoms with Crippen molar-refractivity contribution in [2.24, 2.45) is 0 Å². The van der Waals surface area contributed by atoms with E-state index in [1.165, 1.54) is 32.2 Å². The van der Waals surface area contributed by atoms with Gasteiger partial charge in [-0.1, -0.05) is 19.4 Å². The molecular weight excluding hydrogens is 286 g/mol. The molecule has 1 saturated heterocycles. The minimum absolute atomic E-state index is 0.00739. The number of rotatable bonds is 4. The SMILES string of the molecule is CCC1CCCCN1CC(Cl)c1ccc2c(c1)OCCO2. The van der Waals surface area contributed by atoms with Crippen LogP contribution in [-0.2, 0) is 0 Å². The van der Waals surface area contributed by atoms with Gasteiger partial charge in [0.25, 0.3) is 0 Å². The van der Waals surface area contributed by atoms with Crippen molar-refractivity contribution in [3.63, 3.8) is 0 Å². The molecule has 2 atom stereocenters. The molecule has 1 aromatic carbocycles. The molecule has 0 bridgehead atoms. The van der Waals surface area contributed by atoms with Gasteiger partial charge in [0.05, 0.1) is 5.38 Å². The summed E-state index contributed by atoms with van der Waals surface area (Å²) in [6.45, 7) is 5.61. The zero-order valence-electron chi connectivity index (χ0n) is 12.7. The summed E-state index contributed by atoms with van der Waals surface area (Å²) in [5, 5.41) is 0.00739. The molecule has 0 saturated carbocycles. The molecule has 2 heterocycles. The lowest BCUT2D eigenvalue weighted by Crippen LogP contribution is -2.40. The molecule has 116 valence electrons. The number of alkyl halides is 1. The van der Waals surface area contributed by atoms with Gasteiger partial charge in [-0.15, -0.1) is 11.6 Å². The van der Waals surface area contributed by atoms with E-state index in [2.05, 4.69) is 17.9 Å². The van der Waals surface area contributed by atoms with E-state index in [0.29, 0.717) is 19.3 Å².